The van der Waals surface area contributed by atoms with E-state index in [1.165, 1.54) is 19.3 Å². The molecule has 0 aliphatic heterocycles. The zero-order valence-electron chi connectivity index (χ0n) is 7.42. The van der Waals surface area contributed by atoms with Crippen LogP contribution in [0.3, 0.4) is 0 Å². The second-order valence-corrected chi connectivity index (χ2v) is 5.21. The van der Waals surface area contributed by atoms with Crippen LogP contribution >= 0.6 is 22.9 Å². The number of hydrogen-bond donors (Lipinski definition) is 1. The van der Waals surface area contributed by atoms with Crippen LogP contribution in [0, 0.1) is 5.92 Å². The van der Waals surface area contributed by atoms with Crippen molar-refractivity contribution in [3.8, 4) is 0 Å². The topological polar surface area (TPSA) is 24.9 Å². The van der Waals surface area contributed by atoms with Crippen molar-refractivity contribution in [1.29, 1.82) is 0 Å². The van der Waals surface area contributed by atoms with Gasteiger partial charge in [0.2, 0.25) is 0 Å². The van der Waals surface area contributed by atoms with Crippen molar-refractivity contribution in [1.82, 2.24) is 10.3 Å². The van der Waals surface area contributed by atoms with Crippen LogP contribution in [0.4, 0.5) is 0 Å². The standard InChI is InChI=1S/C9H13ClN2S/c10-8-5-12-9(13-8)6-11-4-3-7-1-2-7/h5,7,11H,1-4,6H2. The number of rotatable bonds is 5. The van der Waals surface area contributed by atoms with Gasteiger partial charge in [0.05, 0.1) is 6.20 Å². The fraction of sp³-hybridized carbons (Fsp3) is 0.667. The first-order chi connectivity index (χ1) is 6.34. The van der Waals surface area contributed by atoms with Crippen LogP contribution < -0.4 is 5.32 Å². The summed E-state index contributed by atoms with van der Waals surface area (Å²) >= 11 is 7.32. The van der Waals surface area contributed by atoms with Gasteiger partial charge in [-0.3, -0.25) is 0 Å². The lowest BCUT2D eigenvalue weighted by Gasteiger charge is -1.99. The predicted octanol–water partition coefficient (Wildman–Crippen LogP) is 2.69. The molecule has 0 spiro atoms. The molecule has 72 valence electrons. The van der Waals surface area contributed by atoms with Crippen molar-refractivity contribution in [3.63, 3.8) is 0 Å². The van der Waals surface area contributed by atoms with Gasteiger partial charge in [-0.25, -0.2) is 4.98 Å². The summed E-state index contributed by atoms with van der Waals surface area (Å²) in [6, 6.07) is 0. The van der Waals surface area contributed by atoms with E-state index in [2.05, 4.69) is 10.3 Å². The summed E-state index contributed by atoms with van der Waals surface area (Å²) < 4.78 is 0.777. The number of thiazole rings is 1. The Bertz CT molecular complexity index is 270. The lowest BCUT2D eigenvalue weighted by molar-refractivity contribution is 0.611. The molecule has 1 aromatic heterocycles. The van der Waals surface area contributed by atoms with E-state index >= 15 is 0 Å². The van der Waals surface area contributed by atoms with Crippen molar-refractivity contribution < 1.29 is 0 Å². The summed E-state index contributed by atoms with van der Waals surface area (Å²) in [6.45, 7) is 1.98. The Morgan fingerprint density at radius 3 is 3.08 bits per heavy atom. The maximum Gasteiger partial charge on any atom is 0.113 e. The van der Waals surface area contributed by atoms with E-state index < -0.39 is 0 Å². The molecule has 0 radical (unpaired) electrons. The Morgan fingerprint density at radius 2 is 2.46 bits per heavy atom. The van der Waals surface area contributed by atoms with Gasteiger partial charge in [-0.05, 0) is 18.9 Å². The number of aromatic nitrogens is 1. The van der Waals surface area contributed by atoms with Gasteiger partial charge in [0.25, 0.3) is 0 Å². The number of hydrogen-bond acceptors (Lipinski definition) is 3. The first kappa shape index (κ1) is 9.44. The molecular formula is C9H13ClN2S. The minimum Gasteiger partial charge on any atom is -0.310 e. The zero-order chi connectivity index (χ0) is 9.10. The zero-order valence-corrected chi connectivity index (χ0v) is 9.00. The van der Waals surface area contributed by atoms with Gasteiger partial charge in [-0.1, -0.05) is 24.4 Å². The molecule has 0 saturated heterocycles. The first-order valence-electron chi connectivity index (χ1n) is 4.65. The minimum absolute atomic E-state index is 0.777. The number of nitrogens with zero attached hydrogens (tertiary/aromatic N) is 1. The largest absolute Gasteiger partial charge is 0.310 e. The van der Waals surface area contributed by atoms with Crippen molar-refractivity contribution in [3.05, 3.63) is 15.5 Å². The maximum atomic E-state index is 5.76. The molecule has 1 saturated carbocycles. The molecular weight excluding hydrogens is 204 g/mol. The molecule has 2 nitrogen and oxygen atoms in total. The van der Waals surface area contributed by atoms with Crippen LogP contribution in [-0.4, -0.2) is 11.5 Å². The van der Waals surface area contributed by atoms with Crippen LogP contribution in [0.1, 0.15) is 24.3 Å². The van der Waals surface area contributed by atoms with Gasteiger partial charge >= 0.3 is 0 Å². The van der Waals surface area contributed by atoms with Crippen LogP contribution in [0.5, 0.6) is 0 Å². The van der Waals surface area contributed by atoms with Crippen molar-refractivity contribution in [2.24, 2.45) is 5.92 Å². The van der Waals surface area contributed by atoms with Crippen molar-refractivity contribution in [2.75, 3.05) is 6.54 Å². The van der Waals surface area contributed by atoms with Gasteiger partial charge in [0.15, 0.2) is 0 Å². The normalized spacial score (nSPS) is 16.4. The van der Waals surface area contributed by atoms with E-state index in [1.54, 1.807) is 17.5 Å². The maximum absolute atomic E-state index is 5.76. The third kappa shape index (κ3) is 3.25. The Morgan fingerprint density at radius 1 is 1.62 bits per heavy atom. The summed E-state index contributed by atoms with van der Waals surface area (Å²) in [5.74, 6) is 1.01. The molecule has 0 bridgehead atoms. The van der Waals surface area contributed by atoms with E-state index in [0.717, 1.165) is 28.4 Å². The molecule has 1 aromatic rings. The predicted molar refractivity (Wildman–Crippen MR) is 56.2 cm³/mol. The molecule has 0 atom stereocenters. The average Bonchev–Trinajstić information content (AvgIpc) is 2.84. The molecule has 2 rings (SSSR count). The van der Waals surface area contributed by atoms with E-state index in [1.807, 2.05) is 0 Å². The molecule has 0 unspecified atom stereocenters. The lowest BCUT2D eigenvalue weighted by Crippen LogP contribution is -2.14. The van der Waals surface area contributed by atoms with Gasteiger partial charge < -0.3 is 5.32 Å². The molecule has 1 heterocycles. The second-order valence-electron chi connectivity index (χ2n) is 3.47. The molecule has 1 fully saturated rings. The van der Waals surface area contributed by atoms with Crippen LogP contribution in [0.25, 0.3) is 0 Å². The highest BCUT2D eigenvalue weighted by molar-refractivity contribution is 7.15. The fourth-order valence-corrected chi connectivity index (χ4v) is 2.20. The van der Waals surface area contributed by atoms with E-state index in [-0.39, 0.29) is 0 Å². The third-order valence-corrected chi connectivity index (χ3v) is 3.34. The summed E-state index contributed by atoms with van der Waals surface area (Å²) in [7, 11) is 0. The Hall–Kier alpha value is -0.120. The summed E-state index contributed by atoms with van der Waals surface area (Å²) in [5, 5.41) is 4.46. The van der Waals surface area contributed by atoms with E-state index in [4.69, 9.17) is 11.6 Å². The molecule has 1 aliphatic carbocycles. The fourth-order valence-electron chi connectivity index (χ4n) is 1.28. The van der Waals surface area contributed by atoms with Crippen molar-refractivity contribution >= 4 is 22.9 Å². The Balaban J connectivity index is 1.61. The van der Waals surface area contributed by atoms with Gasteiger partial charge in [-0.2, -0.15) is 0 Å². The summed E-state index contributed by atoms with van der Waals surface area (Å²) in [6.07, 6.45) is 5.90. The van der Waals surface area contributed by atoms with Gasteiger partial charge in [0, 0.05) is 6.54 Å². The highest BCUT2D eigenvalue weighted by atomic mass is 35.5. The molecule has 0 aromatic carbocycles. The second kappa shape index (κ2) is 4.40. The number of halogens is 1. The van der Waals surface area contributed by atoms with E-state index in [0.29, 0.717) is 0 Å². The molecule has 13 heavy (non-hydrogen) atoms. The van der Waals surface area contributed by atoms with Gasteiger partial charge in [0.1, 0.15) is 9.34 Å². The molecule has 4 heteroatoms. The number of nitrogens with one attached hydrogen (secondary N) is 1. The SMILES string of the molecule is Clc1cnc(CNCCC2CC2)s1. The Kier molecular flexibility index (Phi) is 3.19. The first-order valence-corrected chi connectivity index (χ1v) is 5.85. The van der Waals surface area contributed by atoms with Crippen LogP contribution in [-0.2, 0) is 6.54 Å². The monoisotopic (exact) mass is 216 g/mol. The van der Waals surface area contributed by atoms with Crippen LogP contribution in [0.2, 0.25) is 4.34 Å². The van der Waals surface area contributed by atoms with E-state index in [9.17, 15) is 0 Å². The average molecular weight is 217 g/mol. The lowest BCUT2D eigenvalue weighted by atomic mass is 10.3. The molecule has 1 N–H and O–H groups in total. The highest BCUT2D eigenvalue weighted by Crippen LogP contribution is 2.31. The van der Waals surface area contributed by atoms with Crippen molar-refractivity contribution in [2.45, 2.75) is 25.8 Å². The summed E-state index contributed by atoms with van der Waals surface area (Å²) in [4.78, 5) is 4.17. The van der Waals surface area contributed by atoms with Gasteiger partial charge in [-0.15, -0.1) is 11.3 Å². The minimum atomic E-state index is 0.777. The highest BCUT2D eigenvalue weighted by Gasteiger charge is 2.19. The smallest absolute Gasteiger partial charge is 0.113 e. The van der Waals surface area contributed by atoms with Crippen LogP contribution in [0.15, 0.2) is 6.20 Å². The third-order valence-electron chi connectivity index (χ3n) is 2.23. The molecule has 1 aliphatic rings. The molecule has 0 amide bonds. The summed E-state index contributed by atoms with van der Waals surface area (Å²) in [5.41, 5.74) is 0. The Labute approximate surface area is 87.3 Å². The quantitative estimate of drug-likeness (QED) is 0.766.